The maximum atomic E-state index is 10.5. The summed E-state index contributed by atoms with van der Waals surface area (Å²) in [6.45, 7) is 3.77. The number of carboxylic acids is 1. The minimum absolute atomic E-state index is 0.0650. The van der Waals surface area contributed by atoms with Crippen LogP contribution in [0.1, 0.15) is 20.3 Å². The predicted octanol–water partition coefficient (Wildman–Crippen LogP) is 1.19. The molecule has 1 rings (SSSR count). The molecule has 0 saturated heterocycles. The van der Waals surface area contributed by atoms with Crippen LogP contribution in [0.25, 0.3) is 0 Å². The average Bonchev–Trinajstić information content (AvgIpc) is 1.85. The first kappa shape index (κ1) is 8.27. The standard InChI is InChI=1S/C8H12O3/c1-5-3-6(2)11-7(4-5)8(9)10/h3,6-7H,4H2,1-2H3,(H,9,10)/t6-,7-/m1/s1. The number of hydrogen-bond donors (Lipinski definition) is 1. The van der Waals surface area contributed by atoms with Crippen LogP contribution >= 0.6 is 0 Å². The van der Waals surface area contributed by atoms with E-state index in [0.29, 0.717) is 6.42 Å². The van der Waals surface area contributed by atoms with Gasteiger partial charge in [-0.25, -0.2) is 4.79 Å². The van der Waals surface area contributed by atoms with E-state index in [1.165, 1.54) is 0 Å². The van der Waals surface area contributed by atoms with Crippen molar-refractivity contribution in [2.45, 2.75) is 32.5 Å². The number of rotatable bonds is 1. The van der Waals surface area contributed by atoms with Crippen LogP contribution in [0.3, 0.4) is 0 Å². The zero-order chi connectivity index (χ0) is 8.43. The van der Waals surface area contributed by atoms with Gasteiger partial charge < -0.3 is 9.84 Å². The average molecular weight is 156 g/mol. The maximum absolute atomic E-state index is 10.5. The molecule has 0 saturated carbocycles. The highest BCUT2D eigenvalue weighted by atomic mass is 16.5. The molecule has 2 atom stereocenters. The van der Waals surface area contributed by atoms with Crippen molar-refractivity contribution < 1.29 is 14.6 Å². The quantitative estimate of drug-likeness (QED) is 0.580. The van der Waals surface area contributed by atoms with E-state index < -0.39 is 12.1 Å². The Kier molecular flexibility index (Phi) is 2.29. The predicted molar refractivity (Wildman–Crippen MR) is 40.3 cm³/mol. The van der Waals surface area contributed by atoms with E-state index >= 15 is 0 Å². The monoisotopic (exact) mass is 156 g/mol. The maximum Gasteiger partial charge on any atom is 0.333 e. The summed E-state index contributed by atoms with van der Waals surface area (Å²) in [6.07, 6.45) is 1.75. The van der Waals surface area contributed by atoms with Crippen LogP contribution in [0, 0.1) is 0 Å². The first-order chi connectivity index (χ1) is 5.09. The van der Waals surface area contributed by atoms with Crippen molar-refractivity contribution >= 4 is 5.97 Å². The highest BCUT2D eigenvalue weighted by Crippen LogP contribution is 2.18. The van der Waals surface area contributed by atoms with Gasteiger partial charge in [0.2, 0.25) is 0 Å². The van der Waals surface area contributed by atoms with Crippen LogP contribution in [-0.2, 0) is 9.53 Å². The summed E-state index contributed by atoms with van der Waals surface area (Å²) in [5.41, 5.74) is 1.09. The molecule has 1 aliphatic heterocycles. The second-order valence-electron chi connectivity index (χ2n) is 2.89. The molecule has 1 N–H and O–H groups in total. The third-order valence-electron chi connectivity index (χ3n) is 1.68. The Bertz CT molecular complexity index is 196. The van der Waals surface area contributed by atoms with Crippen LogP contribution in [0.5, 0.6) is 0 Å². The molecule has 0 aliphatic carbocycles. The van der Waals surface area contributed by atoms with Crippen LogP contribution in [0.15, 0.2) is 11.6 Å². The number of carboxylic acid groups (broad SMARTS) is 1. The molecule has 3 nitrogen and oxygen atoms in total. The van der Waals surface area contributed by atoms with E-state index in [4.69, 9.17) is 9.84 Å². The molecule has 0 fully saturated rings. The highest BCUT2D eigenvalue weighted by Gasteiger charge is 2.24. The van der Waals surface area contributed by atoms with E-state index in [0.717, 1.165) is 5.57 Å². The largest absolute Gasteiger partial charge is 0.479 e. The van der Waals surface area contributed by atoms with Crippen molar-refractivity contribution in [3.8, 4) is 0 Å². The topological polar surface area (TPSA) is 46.5 Å². The Morgan fingerprint density at radius 1 is 1.82 bits per heavy atom. The van der Waals surface area contributed by atoms with Crippen molar-refractivity contribution in [3.05, 3.63) is 11.6 Å². The molecule has 11 heavy (non-hydrogen) atoms. The van der Waals surface area contributed by atoms with Gasteiger partial charge in [0, 0.05) is 6.42 Å². The molecule has 0 spiro atoms. The van der Waals surface area contributed by atoms with Crippen molar-refractivity contribution in [2.24, 2.45) is 0 Å². The second kappa shape index (κ2) is 3.05. The summed E-state index contributed by atoms with van der Waals surface area (Å²) >= 11 is 0. The van der Waals surface area contributed by atoms with Gasteiger partial charge in [-0.2, -0.15) is 0 Å². The third kappa shape index (κ3) is 2.05. The zero-order valence-electron chi connectivity index (χ0n) is 6.70. The fourth-order valence-corrected chi connectivity index (χ4v) is 1.25. The number of ether oxygens (including phenoxy) is 1. The molecular formula is C8H12O3. The molecule has 1 heterocycles. The smallest absolute Gasteiger partial charge is 0.333 e. The number of aliphatic carboxylic acids is 1. The fraction of sp³-hybridized carbons (Fsp3) is 0.625. The molecule has 0 aromatic heterocycles. The van der Waals surface area contributed by atoms with Gasteiger partial charge in [0.25, 0.3) is 0 Å². The molecule has 62 valence electrons. The van der Waals surface area contributed by atoms with Gasteiger partial charge >= 0.3 is 5.97 Å². The van der Waals surface area contributed by atoms with Gasteiger partial charge in [-0.1, -0.05) is 11.6 Å². The summed E-state index contributed by atoms with van der Waals surface area (Å²) < 4.78 is 5.14. The van der Waals surface area contributed by atoms with Gasteiger partial charge in [-0.15, -0.1) is 0 Å². The van der Waals surface area contributed by atoms with Crippen molar-refractivity contribution in [2.75, 3.05) is 0 Å². The van der Waals surface area contributed by atoms with Crippen LogP contribution in [-0.4, -0.2) is 23.3 Å². The molecule has 0 amide bonds. The first-order valence-corrected chi connectivity index (χ1v) is 3.65. The van der Waals surface area contributed by atoms with Gasteiger partial charge in [-0.05, 0) is 13.8 Å². The van der Waals surface area contributed by atoms with Gasteiger partial charge in [0.1, 0.15) is 0 Å². The second-order valence-corrected chi connectivity index (χ2v) is 2.89. The minimum atomic E-state index is -0.871. The van der Waals surface area contributed by atoms with E-state index in [2.05, 4.69) is 0 Å². The molecule has 0 unspecified atom stereocenters. The molecule has 1 aliphatic rings. The molecule has 3 heteroatoms. The molecule has 0 aromatic rings. The third-order valence-corrected chi connectivity index (χ3v) is 1.68. The molecule has 0 aromatic carbocycles. The Hall–Kier alpha value is -0.830. The summed E-state index contributed by atoms with van der Waals surface area (Å²) in [5.74, 6) is -0.871. The van der Waals surface area contributed by atoms with Crippen LogP contribution < -0.4 is 0 Å². The van der Waals surface area contributed by atoms with E-state index in [1.54, 1.807) is 0 Å². The Labute approximate surface area is 65.7 Å². The lowest BCUT2D eigenvalue weighted by atomic mass is 10.0. The van der Waals surface area contributed by atoms with Crippen molar-refractivity contribution in [3.63, 3.8) is 0 Å². The Morgan fingerprint density at radius 2 is 2.45 bits per heavy atom. The van der Waals surface area contributed by atoms with Crippen molar-refractivity contribution in [1.82, 2.24) is 0 Å². The lowest BCUT2D eigenvalue weighted by molar-refractivity contribution is -0.152. The Balaban J connectivity index is 2.64. The van der Waals surface area contributed by atoms with Crippen LogP contribution in [0.2, 0.25) is 0 Å². The number of carbonyl (C=O) groups is 1. The number of hydrogen-bond acceptors (Lipinski definition) is 2. The SMILES string of the molecule is CC1=C[C@@H](C)O[C@@H](C(=O)O)C1. The minimum Gasteiger partial charge on any atom is -0.479 e. The van der Waals surface area contributed by atoms with Gasteiger partial charge in [0.15, 0.2) is 6.10 Å². The highest BCUT2D eigenvalue weighted by molar-refractivity contribution is 5.73. The van der Waals surface area contributed by atoms with Gasteiger partial charge in [-0.3, -0.25) is 0 Å². The lowest BCUT2D eigenvalue weighted by Gasteiger charge is -2.22. The zero-order valence-corrected chi connectivity index (χ0v) is 6.70. The van der Waals surface area contributed by atoms with Crippen LogP contribution in [0.4, 0.5) is 0 Å². The Morgan fingerprint density at radius 3 is 2.91 bits per heavy atom. The van der Waals surface area contributed by atoms with E-state index in [9.17, 15) is 4.79 Å². The van der Waals surface area contributed by atoms with E-state index in [1.807, 2.05) is 19.9 Å². The summed E-state index contributed by atoms with van der Waals surface area (Å²) in [6, 6.07) is 0. The summed E-state index contributed by atoms with van der Waals surface area (Å²) in [7, 11) is 0. The summed E-state index contributed by atoms with van der Waals surface area (Å²) in [4.78, 5) is 10.5. The molecular weight excluding hydrogens is 144 g/mol. The lowest BCUT2D eigenvalue weighted by Crippen LogP contribution is -2.30. The molecule has 0 radical (unpaired) electrons. The van der Waals surface area contributed by atoms with Gasteiger partial charge in [0.05, 0.1) is 6.10 Å². The van der Waals surface area contributed by atoms with Crippen molar-refractivity contribution in [1.29, 1.82) is 0 Å². The normalized spacial score (nSPS) is 31.3. The first-order valence-electron chi connectivity index (χ1n) is 3.65. The van der Waals surface area contributed by atoms with E-state index in [-0.39, 0.29) is 6.10 Å². The molecule has 0 bridgehead atoms. The fourth-order valence-electron chi connectivity index (χ4n) is 1.25. The summed E-state index contributed by atoms with van der Waals surface area (Å²) in [5, 5.41) is 8.62.